The molecule has 3 nitrogen and oxygen atoms in total. The average Bonchev–Trinajstić information content (AvgIpc) is 2.46. The van der Waals surface area contributed by atoms with Crippen LogP contribution in [0.15, 0.2) is 42.5 Å². The molecule has 0 bridgehead atoms. The Morgan fingerprint density at radius 3 is 2.62 bits per heavy atom. The molecule has 0 spiro atoms. The van der Waals surface area contributed by atoms with Crippen molar-refractivity contribution in [2.75, 3.05) is 11.9 Å². The maximum Gasteiger partial charge on any atom is 0.0992 e. The maximum absolute atomic E-state index is 9.92. The first-order valence-corrected chi connectivity index (χ1v) is 7.00. The first-order valence-electron chi connectivity index (χ1n) is 7.00. The Hall–Kier alpha value is -2.31. The van der Waals surface area contributed by atoms with Crippen molar-refractivity contribution in [2.24, 2.45) is 0 Å². The molecular formula is C18H20N2O. The molecule has 0 saturated carbocycles. The lowest BCUT2D eigenvalue weighted by Crippen LogP contribution is -2.19. The first-order chi connectivity index (χ1) is 10.0. The predicted octanol–water partition coefficient (Wildman–Crippen LogP) is 3.56. The molecule has 0 amide bonds. The van der Waals surface area contributed by atoms with Gasteiger partial charge in [-0.25, -0.2) is 0 Å². The van der Waals surface area contributed by atoms with Crippen LogP contribution in [0.4, 0.5) is 5.69 Å². The summed E-state index contributed by atoms with van der Waals surface area (Å²) in [6.45, 7) is 4.54. The molecule has 0 saturated heterocycles. The van der Waals surface area contributed by atoms with Crippen LogP contribution in [0.2, 0.25) is 0 Å². The van der Waals surface area contributed by atoms with Gasteiger partial charge in [-0.1, -0.05) is 35.9 Å². The molecule has 2 aromatic carbocycles. The monoisotopic (exact) mass is 280 g/mol. The third-order valence-electron chi connectivity index (χ3n) is 3.52. The lowest BCUT2D eigenvalue weighted by atomic mass is 10.0. The standard InChI is InChI=1S/C18H20N2O/c1-13-5-4-6-16(9-13)12-20(3)18-10-15(11-19)7-8-17(18)14(2)21/h4-10,14,21H,12H2,1-3H3. The SMILES string of the molecule is Cc1cccc(CN(C)c2cc(C#N)ccc2C(C)O)c1. The molecule has 0 heterocycles. The Bertz CT molecular complexity index is 671. The second-order valence-corrected chi connectivity index (χ2v) is 5.41. The first kappa shape index (κ1) is 15.1. The minimum absolute atomic E-state index is 0.562. The Labute approximate surface area is 126 Å². The van der Waals surface area contributed by atoms with E-state index in [4.69, 9.17) is 5.26 Å². The number of anilines is 1. The number of benzene rings is 2. The number of aryl methyl sites for hydroxylation is 1. The van der Waals surface area contributed by atoms with Gasteiger partial charge in [0.05, 0.1) is 17.7 Å². The Morgan fingerprint density at radius 2 is 2.00 bits per heavy atom. The van der Waals surface area contributed by atoms with Crippen molar-refractivity contribution in [3.05, 3.63) is 64.7 Å². The van der Waals surface area contributed by atoms with Crippen LogP contribution in [0, 0.1) is 18.3 Å². The second kappa shape index (κ2) is 6.43. The average molecular weight is 280 g/mol. The van der Waals surface area contributed by atoms with Crippen molar-refractivity contribution in [1.82, 2.24) is 0 Å². The number of nitrogens with zero attached hydrogens (tertiary/aromatic N) is 2. The van der Waals surface area contributed by atoms with Crippen LogP contribution in [0.1, 0.15) is 35.3 Å². The van der Waals surface area contributed by atoms with Crippen molar-refractivity contribution in [2.45, 2.75) is 26.5 Å². The normalized spacial score (nSPS) is 11.8. The fourth-order valence-corrected chi connectivity index (χ4v) is 2.47. The van der Waals surface area contributed by atoms with Gasteiger partial charge in [-0.2, -0.15) is 5.26 Å². The van der Waals surface area contributed by atoms with Crippen molar-refractivity contribution in [1.29, 1.82) is 5.26 Å². The molecule has 1 unspecified atom stereocenters. The summed E-state index contributed by atoms with van der Waals surface area (Å²) in [5.74, 6) is 0. The zero-order chi connectivity index (χ0) is 15.4. The molecule has 1 atom stereocenters. The van der Waals surface area contributed by atoms with Gasteiger partial charge in [0, 0.05) is 24.8 Å². The van der Waals surface area contributed by atoms with Crippen LogP contribution >= 0.6 is 0 Å². The summed E-state index contributed by atoms with van der Waals surface area (Å²) in [5.41, 5.74) is 4.76. The highest BCUT2D eigenvalue weighted by Crippen LogP contribution is 2.28. The molecule has 1 N–H and O–H groups in total. The summed E-state index contributed by atoms with van der Waals surface area (Å²) in [4.78, 5) is 2.07. The van der Waals surface area contributed by atoms with Crippen molar-refractivity contribution >= 4 is 5.69 Å². The van der Waals surface area contributed by atoms with Gasteiger partial charge in [-0.05, 0) is 31.5 Å². The summed E-state index contributed by atoms with van der Waals surface area (Å²) in [6.07, 6.45) is -0.562. The van der Waals surface area contributed by atoms with Crippen molar-refractivity contribution in [3.63, 3.8) is 0 Å². The molecule has 2 rings (SSSR count). The minimum atomic E-state index is -0.562. The summed E-state index contributed by atoms with van der Waals surface area (Å²) in [5, 5.41) is 19.0. The maximum atomic E-state index is 9.92. The molecule has 108 valence electrons. The smallest absolute Gasteiger partial charge is 0.0992 e. The van der Waals surface area contributed by atoms with Gasteiger partial charge in [-0.3, -0.25) is 0 Å². The summed E-state index contributed by atoms with van der Waals surface area (Å²) >= 11 is 0. The molecule has 0 aliphatic carbocycles. The lowest BCUT2D eigenvalue weighted by molar-refractivity contribution is 0.199. The van der Waals surface area contributed by atoms with Gasteiger partial charge in [0.2, 0.25) is 0 Å². The number of rotatable bonds is 4. The van der Waals surface area contributed by atoms with E-state index in [1.807, 2.05) is 25.2 Å². The van der Waals surface area contributed by atoms with Crippen molar-refractivity contribution < 1.29 is 5.11 Å². The fourth-order valence-electron chi connectivity index (χ4n) is 2.47. The van der Waals surface area contributed by atoms with Gasteiger partial charge in [0.15, 0.2) is 0 Å². The van der Waals surface area contributed by atoms with E-state index in [9.17, 15) is 5.11 Å². The van der Waals surface area contributed by atoms with E-state index < -0.39 is 6.10 Å². The van der Waals surface area contributed by atoms with Crippen LogP contribution < -0.4 is 4.90 Å². The molecular weight excluding hydrogens is 260 g/mol. The van der Waals surface area contributed by atoms with Gasteiger partial charge in [-0.15, -0.1) is 0 Å². The van der Waals surface area contributed by atoms with E-state index in [1.54, 1.807) is 13.0 Å². The van der Waals surface area contributed by atoms with Crippen LogP contribution in [0.3, 0.4) is 0 Å². The number of hydrogen-bond acceptors (Lipinski definition) is 3. The van der Waals surface area contributed by atoms with Crippen molar-refractivity contribution in [3.8, 4) is 6.07 Å². The molecule has 0 aromatic heterocycles. The zero-order valence-electron chi connectivity index (χ0n) is 12.7. The summed E-state index contributed by atoms with van der Waals surface area (Å²) < 4.78 is 0. The molecule has 0 aliphatic heterocycles. The highest BCUT2D eigenvalue weighted by atomic mass is 16.3. The van der Waals surface area contributed by atoms with E-state index in [1.165, 1.54) is 11.1 Å². The molecule has 0 fully saturated rings. The highest BCUT2D eigenvalue weighted by molar-refractivity contribution is 5.58. The number of aliphatic hydroxyl groups is 1. The largest absolute Gasteiger partial charge is 0.389 e. The van der Waals surface area contributed by atoms with Crippen LogP contribution in [-0.2, 0) is 6.54 Å². The van der Waals surface area contributed by atoms with Gasteiger partial charge in [0.25, 0.3) is 0 Å². The van der Waals surface area contributed by atoms with Gasteiger partial charge in [0.1, 0.15) is 0 Å². The number of nitriles is 1. The Balaban J connectivity index is 2.33. The van der Waals surface area contributed by atoms with E-state index in [2.05, 4.69) is 36.1 Å². The Kier molecular flexibility index (Phi) is 4.62. The summed E-state index contributed by atoms with van der Waals surface area (Å²) in [6, 6.07) is 15.9. The molecule has 3 heteroatoms. The topological polar surface area (TPSA) is 47.3 Å². The predicted molar refractivity (Wildman–Crippen MR) is 85.1 cm³/mol. The number of aliphatic hydroxyl groups excluding tert-OH is 1. The fraction of sp³-hybridized carbons (Fsp3) is 0.278. The molecule has 0 radical (unpaired) electrons. The van der Waals surface area contributed by atoms with Gasteiger partial charge < -0.3 is 10.0 Å². The van der Waals surface area contributed by atoms with Crippen LogP contribution in [0.5, 0.6) is 0 Å². The summed E-state index contributed by atoms with van der Waals surface area (Å²) in [7, 11) is 1.98. The van der Waals surface area contributed by atoms with E-state index in [0.717, 1.165) is 17.8 Å². The van der Waals surface area contributed by atoms with Gasteiger partial charge >= 0.3 is 0 Å². The quantitative estimate of drug-likeness (QED) is 0.931. The highest BCUT2D eigenvalue weighted by Gasteiger charge is 2.13. The van der Waals surface area contributed by atoms with E-state index >= 15 is 0 Å². The van der Waals surface area contributed by atoms with E-state index in [-0.39, 0.29) is 0 Å². The Morgan fingerprint density at radius 1 is 1.24 bits per heavy atom. The van der Waals surface area contributed by atoms with Crippen LogP contribution in [0.25, 0.3) is 0 Å². The number of hydrogen-bond donors (Lipinski definition) is 1. The third-order valence-corrected chi connectivity index (χ3v) is 3.52. The minimum Gasteiger partial charge on any atom is -0.389 e. The molecule has 0 aliphatic rings. The third kappa shape index (κ3) is 3.62. The molecule has 21 heavy (non-hydrogen) atoms. The van der Waals surface area contributed by atoms with Crippen LogP contribution in [-0.4, -0.2) is 12.2 Å². The lowest BCUT2D eigenvalue weighted by Gasteiger charge is -2.24. The van der Waals surface area contributed by atoms with E-state index in [0.29, 0.717) is 5.56 Å². The second-order valence-electron chi connectivity index (χ2n) is 5.41. The molecule has 2 aromatic rings. The zero-order valence-corrected chi connectivity index (χ0v) is 12.7.